The van der Waals surface area contributed by atoms with Crippen molar-refractivity contribution in [3.8, 4) is 0 Å². The first-order valence-corrected chi connectivity index (χ1v) is 10.6. The van der Waals surface area contributed by atoms with Crippen LogP contribution in [0.15, 0.2) is 47.4 Å². The minimum Gasteiger partial charge on any atom is -0.299 e. The molecule has 0 spiro atoms. The van der Waals surface area contributed by atoms with E-state index in [0.29, 0.717) is 6.07 Å². The lowest BCUT2D eigenvalue weighted by molar-refractivity contribution is 0.178. The van der Waals surface area contributed by atoms with E-state index in [1.807, 2.05) is 24.3 Å². The minimum absolute atomic E-state index is 0.181. The van der Waals surface area contributed by atoms with Crippen molar-refractivity contribution in [2.24, 2.45) is 5.92 Å². The van der Waals surface area contributed by atoms with Gasteiger partial charge in [0, 0.05) is 24.2 Å². The van der Waals surface area contributed by atoms with Crippen molar-refractivity contribution >= 4 is 21.6 Å². The number of halogens is 3. The van der Waals surface area contributed by atoms with Crippen LogP contribution in [-0.2, 0) is 16.6 Å². The van der Waals surface area contributed by atoms with Crippen LogP contribution in [0.2, 0.25) is 5.02 Å². The van der Waals surface area contributed by atoms with Gasteiger partial charge in [0.1, 0.15) is 11.6 Å². The van der Waals surface area contributed by atoms with Gasteiger partial charge in [-0.05, 0) is 55.6 Å². The summed E-state index contributed by atoms with van der Waals surface area (Å²) in [6.07, 6.45) is 1.68. The van der Waals surface area contributed by atoms with Crippen molar-refractivity contribution in [3.63, 3.8) is 0 Å². The van der Waals surface area contributed by atoms with Crippen molar-refractivity contribution in [1.82, 2.24) is 9.62 Å². The first-order valence-electron chi connectivity index (χ1n) is 8.75. The maximum absolute atomic E-state index is 13.3. The van der Waals surface area contributed by atoms with E-state index >= 15 is 0 Å². The standard InChI is InChI=1S/C19H21ClF2N2O2S/c20-19-4-2-1-3-15(19)13-24-7-5-14(6-8-24)12-23-27(25,26)18-10-16(21)9-17(22)11-18/h1-4,9-11,14,23H,5-8,12-13H2. The molecule has 0 unspecified atom stereocenters. The van der Waals surface area contributed by atoms with Gasteiger partial charge in [0.15, 0.2) is 0 Å². The number of nitrogens with zero attached hydrogens (tertiary/aromatic N) is 1. The number of hydrogen-bond acceptors (Lipinski definition) is 3. The second-order valence-electron chi connectivity index (χ2n) is 6.77. The molecular weight excluding hydrogens is 394 g/mol. The Labute approximate surface area is 163 Å². The van der Waals surface area contributed by atoms with Crippen LogP contribution in [-0.4, -0.2) is 33.0 Å². The van der Waals surface area contributed by atoms with E-state index in [9.17, 15) is 17.2 Å². The van der Waals surface area contributed by atoms with E-state index in [-0.39, 0.29) is 12.5 Å². The zero-order chi connectivity index (χ0) is 19.4. The quantitative estimate of drug-likeness (QED) is 0.782. The maximum atomic E-state index is 13.3. The topological polar surface area (TPSA) is 49.4 Å². The van der Waals surface area contributed by atoms with Crippen LogP contribution in [0.4, 0.5) is 8.78 Å². The van der Waals surface area contributed by atoms with Crippen LogP contribution in [0.1, 0.15) is 18.4 Å². The summed E-state index contributed by atoms with van der Waals surface area (Å²) >= 11 is 6.20. The van der Waals surface area contributed by atoms with Gasteiger partial charge in [-0.2, -0.15) is 0 Å². The molecule has 1 aliphatic heterocycles. The molecule has 0 amide bonds. The molecule has 27 heavy (non-hydrogen) atoms. The van der Waals surface area contributed by atoms with E-state index in [1.54, 1.807) is 0 Å². The fourth-order valence-corrected chi connectivity index (χ4v) is 4.56. The average Bonchev–Trinajstić information content (AvgIpc) is 2.62. The van der Waals surface area contributed by atoms with Crippen LogP contribution in [0, 0.1) is 17.6 Å². The van der Waals surface area contributed by atoms with E-state index in [2.05, 4.69) is 9.62 Å². The summed E-state index contributed by atoms with van der Waals surface area (Å²) in [5.74, 6) is -1.65. The van der Waals surface area contributed by atoms with Crippen molar-refractivity contribution < 1.29 is 17.2 Å². The molecule has 0 aliphatic carbocycles. The second kappa shape index (κ2) is 8.65. The third-order valence-electron chi connectivity index (χ3n) is 4.77. The molecular formula is C19H21ClF2N2O2S. The molecule has 146 valence electrons. The maximum Gasteiger partial charge on any atom is 0.240 e. The molecule has 1 aliphatic rings. The van der Waals surface area contributed by atoms with E-state index in [4.69, 9.17) is 11.6 Å². The molecule has 0 saturated carbocycles. The minimum atomic E-state index is -3.93. The highest BCUT2D eigenvalue weighted by Crippen LogP contribution is 2.22. The summed E-state index contributed by atoms with van der Waals surface area (Å²) in [6, 6.07) is 10.0. The molecule has 0 atom stereocenters. The molecule has 2 aromatic carbocycles. The first kappa shape index (κ1) is 20.2. The zero-order valence-electron chi connectivity index (χ0n) is 14.7. The van der Waals surface area contributed by atoms with Gasteiger partial charge in [-0.1, -0.05) is 29.8 Å². The van der Waals surface area contributed by atoms with Gasteiger partial charge in [-0.15, -0.1) is 0 Å². The summed E-state index contributed by atoms with van der Waals surface area (Å²) < 4.78 is 53.5. The molecule has 1 fully saturated rings. The van der Waals surface area contributed by atoms with Gasteiger partial charge < -0.3 is 0 Å². The number of sulfonamides is 1. The van der Waals surface area contributed by atoms with Gasteiger partial charge in [0.25, 0.3) is 0 Å². The summed E-state index contributed by atoms with van der Waals surface area (Å²) in [7, 11) is -3.93. The molecule has 1 N–H and O–H groups in total. The van der Waals surface area contributed by atoms with Crippen molar-refractivity contribution in [3.05, 3.63) is 64.7 Å². The Morgan fingerprint density at radius 3 is 2.33 bits per heavy atom. The van der Waals surface area contributed by atoms with Crippen molar-refractivity contribution in [2.45, 2.75) is 24.3 Å². The summed E-state index contributed by atoms with van der Waals surface area (Å²) in [4.78, 5) is 1.89. The largest absolute Gasteiger partial charge is 0.299 e. The Morgan fingerprint density at radius 1 is 1.07 bits per heavy atom. The highest BCUT2D eigenvalue weighted by Gasteiger charge is 2.23. The Hall–Kier alpha value is -1.54. The average molecular weight is 415 g/mol. The van der Waals surface area contributed by atoms with E-state index < -0.39 is 26.6 Å². The van der Waals surface area contributed by atoms with Crippen LogP contribution < -0.4 is 4.72 Å². The molecule has 8 heteroatoms. The molecule has 0 radical (unpaired) electrons. The lowest BCUT2D eigenvalue weighted by atomic mass is 9.97. The fraction of sp³-hybridized carbons (Fsp3) is 0.368. The smallest absolute Gasteiger partial charge is 0.240 e. The third-order valence-corrected chi connectivity index (χ3v) is 6.54. The third kappa shape index (κ3) is 5.48. The number of benzene rings is 2. The molecule has 4 nitrogen and oxygen atoms in total. The van der Waals surface area contributed by atoms with E-state index in [0.717, 1.165) is 55.2 Å². The first-order chi connectivity index (χ1) is 12.8. The monoisotopic (exact) mass is 414 g/mol. The molecule has 0 aromatic heterocycles. The lowest BCUT2D eigenvalue weighted by Crippen LogP contribution is -2.38. The Morgan fingerprint density at radius 2 is 1.70 bits per heavy atom. The van der Waals surface area contributed by atoms with Gasteiger partial charge in [-0.3, -0.25) is 4.90 Å². The molecule has 1 saturated heterocycles. The Balaban J connectivity index is 1.51. The Kier molecular flexibility index (Phi) is 6.47. The predicted octanol–water partition coefficient (Wildman–Crippen LogP) is 3.81. The number of likely N-dealkylation sites (tertiary alicyclic amines) is 1. The lowest BCUT2D eigenvalue weighted by Gasteiger charge is -2.32. The number of piperidine rings is 1. The predicted molar refractivity (Wildman–Crippen MR) is 101 cm³/mol. The molecule has 1 heterocycles. The second-order valence-corrected chi connectivity index (χ2v) is 8.94. The Bertz CT molecular complexity index is 880. The SMILES string of the molecule is O=S(=O)(NCC1CCN(Cc2ccccc2Cl)CC1)c1cc(F)cc(F)c1. The highest BCUT2D eigenvalue weighted by atomic mass is 35.5. The molecule has 0 bridgehead atoms. The van der Waals surface area contributed by atoms with Gasteiger partial charge in [0.2, 0.25) is 10.0 Å². The van der Waals surface area contributed by atoms with Crippen molar-refractivity contribution in [2.75, 3.05) is 19.6 Å². The molecule has 2 aromatic rings. The van der Waals surface area contributed by atoms with Crippen LogP contribution in [0.25, 0.3) is 0 Å². The summed E-state index contributed by atoms with van der Waals surface area (Å²) in [6.45, 7) is 2.69. The van der Waals surface area contributed by atoms with Gasteiger partial charge in [0.05, 0.1) is 4.90 Å². The van der Waals surface area contributed by atoms with E-state index in [1.165, 1.54) is 0 Å². The normalized spacial score (nSPS) is 16.6. The molecule has 3 rings (SSSR count). The van der Waals surface area contributed by atoms with Crippen LogP contribution in [0.3, 0.4) is 0 Å². The zero-order valence-corrected chi connectivity index (χ0v) is 16.2. The van der Waals surface area contributed by atoms with Crippen molar-refractivity contribution in [1.29, 1.82) is 0 Å². The van der Waals surface area contributed by atoms with Crippen LogP contribution >= 0.6 is 11.6 Å². The van der Waals surface area contributed by atoms with Gasteiger partial charge >= 0.3 is 0 Å². The summed E-state index contributed by atoms with van der Waals surface area (Å²) in [5, 5.41) is 0.745. The number of hydrogen-bond donors (Lipinski definition) is 1. The number of rotatable bonds is 6. The number of nitrogens with one attached hydrogen (secondary N) is 1. The van der Waals surface area contributed by atoms with Gasteiger partial charge in [-0.25, -0.2) is 21.9 Å². The summed E-state index contributed by atoms with van der Waals surface area (Å²) in [5.41, 5.74) is 1.08. The van der Waals surface area contributed by atoms with Crippen LogP contribution in [0.5, 0.6) is 0 Å². The highest BCUT2D eigenvalue weighted by molar-refractivity contribution is 7.89. The fourth-order valence-electron chi connectivity index (χ4n) is 3.21.